The highest BCUT2D eigenvalue weighted by Gasteiger charge is 2.35. The van der Waals surface area contributed by atoms with Gasteiger partial charge in [-0.2, -0.15) is 0 Å². The van der Waals surface area contributed by atoms with Crippen molar-refractivity contribution in [3.8, 4) is 0 Å². The SMILES string of the molecule is CC(=O)NCC(=O)NCC(=O)N1CCc2ccccc2C1C(=O)O. The first-order valence-corrected chi connectivity index (χ1v) is 7.51. The fraction of sp³-hybridized carbons (Fsp3) is 0.375. The van der Waals surface area contributed by atoms with Crippen LogP contribution in [0.1, 0.15) is 24.1 Å². The van der Waals surface area contributed by atoms with Gasteiger partial charge in [0.15, 0.2) is 6.04 Å². The molecule has 1 aliphatic heterocycles. The summed E-state index contributed by atoms with van der Waals surface area (Å²) in [6.45, 7) is 1.01. The summed E-state index contributed by atoms with van der Waals surface area (Å²) in [5, 5.41) is 14.2. The largest absolute Gasteiger partial charge is 0.479 e. The van der Waals surface area contributed by atoms with Crippen molar-refractivity contribution in [2.24, 2.45) is 0 Å². The van der Waals surface area contributed by atoms with Crippen molar-refractivity contribution in [2.45, 2.75) is 19.4 Å². The van der Waals surface area contributed by atoms with Crippen LogP contribution in [0, 0.1) is 0 Å². The van der Waals surface area contributed by atoms with Gasteiger partial charge in [-0.25, -0.2) is 4.79 Å². The third-order valence-electron chi connectivity index (χ3n) is 3.77. The second kappa shape index (κ2) is 7.58. The lowest BCUT2D eigenvalue weighted by Gasteiger charge is -2.34. The van der Waals surface area contributed by atoms with Crippen LogP contribution in [0.4, 0.5) is 0 Å². The van der Waals surface area contributed by atoms with E-state index in [0.717, 1.165) is 5.56 Å². The number of aliphatic carboxylic acids is 1. The Labute approximate surface area is 138 Å². The van der Waals surface area contributed by atoms with E-state index in [0.29, 0.717) is 12.0 Å². The van der Waals surface area contributed by atoms with E-state index in [9.17, 15) is 24.3 Å². The van der Waals surface area contributed by atoms with Crippen molar-refractivity contribution in [2.75, 3.05) is 19.6 Å². The monoisotopic (exact) mass is 333 g/mol. The van der Waals surface area contributed by atoms with Gasteiger partial charge in [0.1, 0.15) is 0 Å². The molecule has 0 fully saturated rings. The van der Waals surface area contributed by atoms with Gasteiger partial charge in [0.25, 0.3) is 0 Å². The molecule has 0 saturated heterocycles. The predicted octanol–water partition coefficient (Wildman–Crippen LogP) is -0.551. The number of nitrogens with one attached hydrogen (secondary N) is 2. The van der Waals surface area contributed by atoms with E-state index in [1.165, 1.54) is 11.8 Å². The first kappa shape index (κ1) is 17.5. The number of nitrogens with zero attached hydrogens (tertiary/aromatic N) is 1. The quantitative estimate of drug-likeness (QED) is 0.669. The van der Waals surface area contributed by atoms with Gasteiger partial charge in [-0.1, -0.05) is 24.3 Å². The smallest absolute Gasteiger partial charge is 0.331 e. The molecule has 0 saturated carbocycles. The van der Waals surface area contributed by atoms with Gasteiger partial charge in [0.2, 0.25) is 17.7 Å². The van der Waals surface area contributed by atoms with Crippen LogP contribution in [-0.4, -0.2) is 53.3 Å². The van der Waals surface area contributed by atoms with Crippen LogP contribution < -0.4 is 10.6 Å². The topological polar surface area (TPSA) is 116 Å². The van der Waals surface area contributed by atoms with Crippen LogP contribution in [0.2, 0.25) is 0 Å². The third-order valence-corrected chi connectivity index (χ3v) is 3.77. The Balaban J connectivity index is 2.02. The third kappa shape index (κ3) is 4.09. The molecule has 1 aromatic rings. The standard InChI is InChI=1S/C16H19N3O5/c1-10(20)17-8-13(21)18-9-14(22)19-7-6-11-4-2-3-5-12(11)15(19)16(23)24/h2-5,15H,6-9H2,1H3,(H,17,20)(H,18,21)(H,23,24). The highest BCUT2D eigenvalue weighted by Crippen LogP contribution is 2.29. The molecule has 8 heteroatoms. The molecule has 24 heavy (non-hydrogen) atoms. The summed E-state index contributed by atoms with van der Waals surface area (Å²) in [4.78, 5) is 47.5. The number of hydrogen-bond donors (Lipinski definition) is 3. The lowest BCUT2D eigenvalue weighted by atomic mass is 9.92. The number of carboxylic acids is 1. The summed E-state index contributed by atoms with van der Waals surface area (Å²) < 4.78 is 0. The van der Waals surface area contributed by atoms with Crippen molar-refractivity contribution < 1.29 is 24.3 Å². The Morgan fingerprint density at radius 1 is 1.17 bits per heavy atom. The van der Waals surface area contributed by atoms with Gasteiger partial charge < -0.3 is 20.6 Å². The van der Waals surface area contributed by atoms with Crippen LogP contribution in [0.5, 0.6) is 0 Å². The maximum absolute atomic E-state index is 12.3. The van der Waals surface area contributed by atoms with Gasteiger partial charge in [-0.15, -0.1) is 0 Å². The van der Waals surface area contributed by atoms with Crippen LogP contribution >= 0.6 is 0 Å². The lowest BCUT2D eigenvalue weighted by molar-refractivity contribution is -0.151. The molecule has 3 amide bonds. The summed E-state index contributed by atoms with van der Waals surface area (Å²) >= 11 is 0. The molecule has 0 aliphatic carbocycles. The van der Waals surface area contributed by atoms with E-state index >= 15 is 0 Å². The summed E-state index contributed by atoms with van der Waals surface area (Å²) in [6, 6.07) is 6.05. The number of amides is 3. The zero-order valence-corrected chi connectivity index (χ0v) is 13.2. The molecular formula is C16H19N3O5. The molecule has 128 valence electrons. The Kier molecular flexibility index (Phi) is 5.51. The fourth-order valence-corrected chi connectivity index (χ4v) is 2.64. The van der Waals surface area contributed by atoms with E-state index in [1.807, 2.05) is 12.1 Å². The van der Waals surface area contributed by atoms with E-state index in [4.69, 9.17) is 0 Å². The minimum atomic E-state index is -1.11. The number of hydrogen-bond acceptors (Lipinski definition) is 4. The average molecular weight is 333 g/mol. The minimum Gasteiger partial charge on any atom is -0.479 e. The molecule has 0 aromatic heterocycles. The average Bonchev–Trinajstić information content (AvgIpc) is 2.56. The van der Waals surface area contributed by atoms with Crippen LogP contribution in [0.15, 0.2) is 24.3 Å². The highest BCUT2D eigenvalue weighted by molar-refractivity contribution is 5.90. The van der Waals surface area contributed by atoms with Crippen molar-refractivity contribution in [3.05, 3.63) is 35.4 Å². The van der Waals surface area contributed by atoms with Gasteiger partial charge in [-0.3, -0.25) is 14.4 Å². The summed E-state index contributed by atoms with van der Waals surface area (Å²) in [5.41, 5.74) is 1.50. The molecule has 0 spiro atoms. The van der Waals surface area contributed by atoms with E-state index in [1.54, 1.807) is 12.1 Å². The van der Waals surface area contributed by atoms with Gasteiger partial charge >= 0.3 is 5.97 Å². The maximum Gasteiger partial charge on any atom is 0.331 e. The first-order chi connectivity index (χ1) is 11.4. The molecule has 1 heterocycles. The Hall–Kier alpha value is -2.90. The number of fused-ring (bicyclic) bond motifs is 1. The van der Waals surface area contributed by atoms with Crippen molar-refractivity contribution in [1.82, 2.24) is 15.5 Å². The number of carbonyl (C=O) groups excluding carboxylic acids is 3. The summed E-state index contributed by atoms with van der Waals surface area (Å²) in [5.74, 6) is -2.45. The van der Waals surface area contributed by atoms with E-state index < -0.39 is 23.8 Å². The lowest BCUT2D eigenvalue weighted by Crippen LogP contribution is -2.48. The zero-order chi connectivity index (χ0) is 17.7. The highest BCUT2D eigenvalue weighted by atomic mass is 16.4. The van der Waals surface area contributed by atoms with Crippen molar-refractivity contribution in [3.63, 3.8) is 0 Å². The fourth-order valence-electron chi connectivity index (χ4n) is 2.64. The number of carbonyl (C=O) groups is 4. The van der Waals surface area contributed by atoms with Crippen LogP contribution in [0.3, 0.4) is 0 Å². The van der Waals surface area contributed by atoms with Gasteiger partial charge in [-0.05, 0) is 17.5 Å². The molecule has 1 aliphatic rings. The van der Waals surface area contributed by atoms with Crippen LogP contribution in [-0.2, 0) is 25.6 Å². The summed E-state index contributed by atoms with van der Waals surface area (Å²) in [7, 11) is 0. The first-order valence-electron chi connectivity index (χ1n) is 7.51. The van der Waals surface area contributed by atoms with Gasteiger partial charge in [0, 0.05) is 13.5 Å². The molecule has 1 aromatic carbocycles. The van der Waals surface area contributed by atoms with Crippen LogP contribution in [0.25, 0.3) is 0 Å². The molecule has 0 bridgehead atoms. The maximum atomic E-state index is 12.3. The second-order valence-electron chi connectivity index (χ2n) is 5.46. The van der Waals surface area contributed by atoms with E-state index in [2.05, 4.69) is 10.6 Å². The Morgan fingerprint density at radius 3 is 2.54 bits per heavy atom. The molecule has 8 nitrogen and oxygen atoms in total. The Morgan fingerprint density at radius 2 is 1.88 bits per heavy atom. The number of carboxylic acid groups (broad SMARTS) is 1. The number of benzene rings is 1. The van der Waals surface area contributed by atoms with Crippen molar-refractivity contribution >= 4 is 23.7 Å². The molecule has 2 rings (SSSR count). The Bertz CT molecular complexity index is 673. The second-order valence-corrected chi connectivity index (χ2v) is 5.46. The molecule has 3 N–H and O–H groups in total. The summed E-state index contributed by atoms with van der Waals surface area (Å²) in [6.07, 6.45) is 0.561. The van der Waals surface area contributed by atoms with Gasteiger partial charge in [0.05, 0.1) is 13.1 Å². The minimum absolute atomic E-state index is 0.228. The zero-order valence-electron chi connectivity index (χ0n) is 13.2. The molecule has 1 unspecified atom stereocenters. The van der Waals surface area contributed by atoms with E-state index in [-0.39, 0.29) is 25.5 Å². The molecular weight excluding hydrogens is 314 g/mol. The molecule has 1 atom stereocenters. The van der Waals surface area contributed by atoms with Crippen molar-refractivity contribution in [1.29, 1.82) is 0 Å². The normalized spacial score (nSPS) is 16.0. The predicted molar refractivity (Wildman–Crippen MR) is 83.9 cm³/mol. The number of rotatable bonds is 5. The molecule has 0 radical (unpaired) electrons.